The molecule has 0 amide bonds. The summed E-state index contributed by atoms with van der Waals surface area (Å²) < 4.78 is 15.3. The summed E-state index contributed by atoms with van der Waals surface area (Å²) in [5.74, 6) is 0.901. The van der Waals surface area contributed by atoms with Crippen LogP contribution in [-0.2, 0) is 12.8 Å². The van der Waals surface area contributed by atoms with Crippen molar-refractivity contribution in [3.05, 3.63) is 41.3 Å². The van der Waals surface area contributed by atoms with Crippen LogP contribution >= 0.6 is 0 Å². The van der Waals surface area contributed by atoms with Crippen molar-refractivity contribution in [2.24, 2.45) is 0 Å². The predicted molar refractivity (Wildman–Crippen MR) is 98.9 cm³/mol. The highest BCUT2D eigenvalue weighted by Crippen LogP contribution is 2.28. The van der Waals surface area contributed by atoms with Crippen molar-refractivity contribution < 1.29 is 4.39 Å². The van der Waals surface area contributed by atoms with Crippen molar-refractivity contribution >= 4 is 5.82 Å². The Morgan fingerprint density at radius 1 is 1.00 bits per heavy atom. The summed E-state index contributed by atoms with van der Waals surface area (Å²) in [4.78, 5) is 2.57. The fourth-order valence-electron chi connectivity index (χ4n) is 3.99. The number of piperidine rings is 1. The minimum atomic E-state index is -0.208. The summed E-state index contributed by atoms with van der Waals surface area (Å²) in [5, 5.41) is 8.48. The molecule has 2 aromatic rings. The summed E-state index contributed by atoms with van der Waals surface area (Å²) in [6.07, 6.45) is 8.48. The van der Waals surface area contributed by atoms with Crippen LogP contribution in [0.1, 0.15) is 43.4 Å². The van der Waals surface area contributed by atoms with Crippen LogP contribution in [-0.4, -0.2) is 40.9 Å². The van der Waals surface area contributed by atoms with E-state index in [1.807, 2.05) is 16.8 Å². The minimum Gasteiger partial charge on any atom is -0.370 e. The van der Waals surface area contributed by atoms with E-state index in [2.05, 4.69) is 10.2 Å². The second kappa shape index (κ2) is 7.56. The molecule has 3 heterocycles. The molecule has 1 N–H and O–H groups in total. The van der Waals surface area contributed by atoms with Gasteiger partial charge in [0.25, 0.3) is 0 Å². The van der Waals surface area contributed by atoms with Gasteiger partial charge in [0.2, 0.25) is 0 Å². The lowest BCUT2D eigenvalue weighted by molar-refractivity contribution is 0.230. The van der Waals surface area contributed by atoms with Gasteiger partial charge in [-0.05, 0) is 69.5 Å². The number of anilines is 1. The van der Waals surface area contributed by atoms with Crippen LogP contribution in [0.5, 0.6) is 0 Å². The summed E-state index contributed by atoms with van der Waals surface area (Å²) >= 11 is 0. The monoisotopic (exact) mass is 342 g/mol. The fraction of sp³-hybridized carbons (Fsp3) is 0.550. The van der Waals surface area contributed by atoms with Crippen molar-refractivity contribution in [2.75, 3.05) is 31.5 Å². The van der Waals surface area contributed by atoms with Crippen LogP contribution < -0.4 is 5.32 Å². The minimum absolute atomic E-state index is 0.208. The molecule has 1 aromatic carbocycles. The van der Waals surface area contributed by atoms with Gasteiger partial charge in [-0.1, -0.05) is 6.42 Å². The summed E-state index contributed by atoms with van der Waals surface area (Å²) in [6.45, 7) is 4.51. The third kappa shape index (κ3) is 3.71. The Hall–Kier alpha value is -1.88. The summed E-state index contributed by atoms with van der Waals surface area (Å²) in [7, 11) is 0. The quantitative estimate of drug-likeness (QED) is 0.918. The maximum absolute atomic E-state index is 13.3. The zero-order chi connectivity index (χ0) is 17.1. The Kier molecular flexibility index (Phi) is 5.02. The van der Waals surface area contributed by atoms with Gasteiger partial charge in [-0.3, -0.25) is 0 Å². The number of fused-ring (bicyclic) bond motifs is 1. The molecule has 0 unspecified atom stereocenters. The number of rotatable bonds is 4. The zero-order valence-electron chi connectivity index (χ0n) is 14.8. The number of nitrogens with zero attached hydrogens (tertiary/aromatic N) is 3. The molecular formula is C20H27FN4. The van der Waals surface area contributed by atoms with Gasteiger partial charge >= 0.3 is 0 Å². The number of hydrogen-bond acceptors (Lipinski definition) is 3. The van der Waals surface area contributed by atoms with Crippen LogP contribution in [0.15, 0.2) is 24.3 Å². The predicted octanol–water partition coefficient (Wildman–Crippen LogP) is 3.79. The average Bonchev–Trinajstić information content (AvgIpc) is 2.82. The van der Waals surface area contributed by atoms with Crippen molar-refractivity contribution in [3.63, 3.8) is 0 Å². The molecule has 0 bridgehead atoms. The zero-order valence-corrected chi connectivity index (χ0v) is 14.8. The van der Waals surface area contributed by atoms with Gasteiger partial charge in [0, 0.05) is 25.1 Å². The van der Waals surface area contributed by atoms with E-state index in [9.17, 15) is 4.39 Å². The molecule has 134 valence electrons. The Morgan fingerprint density at radius 2 is 1.80 bits per heavy atom. The van der Waals surface area contributed by atoms with Crippen LogP contribution in [0.4, 0.5) is 10.2 Å². The number of likely N-dealkylation sites (tertiary alicyclic amines) is 1. The molecule has 1 fully saturated rings. The van der Waals surface area contributed by atoms with Crippen LogP contribution in [0, 0.1) is 5.82 Å². The molecule has 5 heteroatoms. The topological polar surface area (TPSA) is 33.1 Å². The van der Waals surface area contributed by atoms with E-state index in [0.29, 0.717) is 0 Å². The summed E-state index contributed by atoms with van der Waals surface area (Å²) in [5.41, 5.74) is 3.49. The Morgan fingerprint density at radius 3 is 2.60 bits per heavy atom. The van der Waals surface area contributed by atoms with E-state index >= 15 is 0 Å². The molecule has 25 heavy (non-hydrogen) atoms. The molecule has 1 aromatic heterocycles. The number of nitrogens with one attached hydrogen (secondary N) is 1. The van der Waals surface area contributed by atoms with Crippen molar-refractivity contribution in [3.8, 4) is 5.69 Å². The van der Waals surface area contributed by atoms with Gasteiger partial charge in [-0.15, -0.1) is 0 Å². The smallest absolute Gasteiger partial charge is 0.133 e. The van der Waals surface area contributed by atoms with E-state index in [0.717, 1.165) is 37.4 Å². The van der Waals surface area contributed by atoms with E-state index in [4.69, 9.17) is 5.10 Å². The molecule has 0 atom stereocenters. The molecular weight excluding hydrogens is 315 g/mol. The highest BCUT2D eigenvalue weighted by molar-refractivity contribution is 5.54. The Balaban J connectivity index is 1.60. The van der Waals surface area contributed by atoms with Gasteiger partial charge in [0.1, 0.15) is 11.6 Å². The number of aromatic nitrogens is 2. The lowest BCUT2D eigenvalue weighted by Gasteiger charge is -2.26. The highest BCUT2D eigenvalue weighted by atomic mass is 19.1. The lowest BCUT2D eigenvalue weighted by atomic mass is 10.1. The van der Waals surface area contributed by atoms with Crippen molar-refractivity contribution in [1.82, 2.24) is 14.7 Å². The van der Waals surface area contributed by atoms with Crippen molar-refractivity contribution in [2.45, 2.75) is 44.9 Å². The third-order valence-electron chi connectivity index (χ3n) is 5.40. The van der Waals surface area contributed by atoms with E-state index in [1.165, 1.54) is 68.6 Å². The van der Waals surface area contributed by atoms with Gasteiger partial charge < -0.3 is 10.2 Å². The Labute approximate surface area is 149 Å². The largest absolute Gasteiger partial charge is 0.370 e. The number of benzene rings is 1. The van der Waals surface area contributed by atoms with E-state index in [-0.39, 0.29) is 5.82 Å². The second-order valence-electron chi connectivity index (χ2n) is 7.20. The summed E-state index contributed by atoms with van der Waals surface area (Å²) in [6, 6.07) is 6.63. The number of hydrogen-bond donors (Lipinski definition) is 1. The third-order valence-corrected chi connectivity index (χ3v) is 5.40. The fourth-order valence-corrected chi connectivity index (χ4v) is 3.99. The second-order valence-corrected chi connectivity index (χ2v) is 7.20. The molecule has 2 aliphatic rings. The lowest BCUT2D eigenvalue weighted by Crippen LogP contribution is -2.31. The first-order valence-electron chi connectivity index (χ1n) is 9.64. The maximum Gasteiger partial charge on any atom is 0.133 e. The van der Waals surface area contributed by atoms with Crippen LogP contribution in [0.3, 0.4) is 0 Å². The molecule has 2 aliphatic heterocycles. The van der Waals surface area contributed by atoms with Crippen molar-refractivity contribution in [1.29, 1.82) is 0 Å². The van der Waals surface area contributed by atoms with Crippen LogP contribution in [0.2, 0.25) is 0 Å². The van der Waals surface area contributed by atoms with Crippen LogP contribution in [0.25, 0.3) is 5.69 Å². The molecule has 4 rings (SSSR count). The first-order valence-corrected chi connectivity index (χ1v) is 9.64. The average molecular weight is 342 g/mol. The van der Waals surface area contributed by atoms with Gasteiger partial charge in [-0.2, -0.15) is 5.10 Å². The normalized spacial score (nSPS) is 18.4. The molecule has 0 aliphatic carbocycles. The first-order chi connectivity index (χ1) is 12.3. The molecule has 0 spiro atoms. The standard InChI is InChI=1S/C20H27FN4/c21-16-7-9-17(10-8-16)25-20-18(6-2-3-12-22-20)19(23-25)11-15-24-13-4-1-5-14-24/h7-10,22H,1-6,11-15H2. The molecule has 4 nitrogen and oxygen atoms in total. The maximum atomic E-state index is 13.3. The van der Waals surface area contributed by atoms with Gasteiger partial charge in [-0.25, -0.2) is 9.07 Å². The first kappa shape index (κ1) is 16.6. The van der Waals surface area contributed by atoms with E-state index < -0.39 is 0 Å². The molecule has 0 saturated carbocycles. The van der Waals surface area contributed by atoms with Gasteiger partial charge in [0.05, 0.1) is 11.4 Å². The Bertz CT molecular complexity index is 701. The van der Waals surface area contributed by atoms with Gasteiger partial charge in [0.15, 0.2) is 0 Å². The van der Waals surface area contributed by atoms with E-state index in [1.54, 1.807) is 0 Å². The molecule has 0 radical (unpaired) electrons. The number of halogens is 1. The SMILES string of the molecule is Fc1ccc(-n2nc(CCN3CCCCC3)c3c2NCCCC3)cc1. The highest BCUT2D eigenvalue weighted by Gasteiger charge is 2.21. The molecule has 1 saturated heterocycles.